The molecule has 8 atom stereocenters. The maximum atomic E-state index is 14.2. The smallest absolute Gasteiger partial charge is 0.416 e. The van der Waals surface area contributed by atoms with Gasteiger partial charge in [-0.25, -0.2) is 29.0 Å². The minimum atomic E-state index is -1.48. The number of alkyl carbamates (subject to hydrolysis) is 2. The zero-order valence-corrected chi connectivity index (χ0v) is 81.4. The number of rotatable bonds is 36. The van der Waals surface area contributed by atoms with Crippen molar-refractivity contribution in [3.8, 4) is 11.5 Å². The van der Waals surface area contributed by atoms with E-state index in [1.165, 1.54) is 22.0 Å². The van der Waals surface area contributed by atoms with E-state index in [0.717, 1.165) is 70.4 Å². The maximum Gasteiger partial charge on any atom is 0.416 e. The Morgan fingerprint density at radius 2 is 0.844 bits per heavy atom. The van der Waals surface area contributed by atoms with Crippen LogP contribution in [0.3, 0.4) is 0 Å². The molecule has 0 aliphatic carbocycles. The summed E-state index contributed by atoms with van der Waals surface area (Å²) in [4.78, 5) is 180. The van der Waals surface area contributed by atoms with Crippen LogP contribution in [0.2, 0.25) is 0 Å². The van der Waals surface area contributed by atoms with E-state index in [4.69, 9.17) is 34.2 Å². The molecule has 0 spiro atoms. The number of anilines is 4. The molecule has 8 aromatic carbocycles. The fourth-order valence-electron chi connectivity index (χ4n) is 16.6. The molecule has 8 aromatic rings. The number of hydrogen-bond donors (Lipinski definition) is 10. The molecule has 34 nitrogen and oxygen atoms in total. The second kappa shape index (κ2) is 48.0. The number of carbonyl (C=O) groups excluding carboxylic acids is 13. The van der Waals surface area contributed by atoms with Crippen LogP contribution in [0.25, 0.3) is 11.1 Å². The van der Waals surface area contributed by atoms with Gasteiger partial charge >= 0.3 is 24.4 Å². The molecule has 0 bridgehead atoms. The number of nitrogens with one attached hydrogen (secondary N) is 7. The number of imide groups is 1. The third-order valence-corrected chi connectivity index (χ3v) is 24.5. The van der Waals surface area contributed by atoms with Crippen molar-refractivity contribution in [3.05, 3.63) is 273 Å². The Labute approximate surface area is 820 Å². The van der Waals surface area contributed by atoms with E-state index in [0.29, 0.717) is 85.5 Å². The van der Waals surface area contributed by atoms with E-state index in [9.17, 15) is 72.5 Å². The van der Waals surface area contributed by atoms with Gasteiger partial charge in [-0.3, -0.25) is 48.1 Å². The zero-order valence-electron chi connectivity index (χ0n) is 81.4. The van der Waals surface area contributed by atoms with Crippen LogP contribution in [-0.2, 0) is 78.6 Å². The maximum absolute atomic E-state index is 14.2. The summed E-state index contributed by atoms with van der Waals surface area (Å²) >= 11 is 0. The van der Waals surface area contributed by atoms with Crippen LogP contribution in [0, 0.1) is 27.7 Å². The number of ether oxygens (including phenoxy) is 6. The first kappa shape index (κ1) is 105. The van der Waals surface area contributed by atoms with Crippen LogP contribution in [0.1, 0.15) is 189 Å². The summed E-state index contributed by atoms with van der Waals surface area (Å²) in [6.45, 7) is 18.4. The monoisotopic (exact) mass is 1930 g/mol. The van der Waals surface area contributed by atoms with E-state index in [-0.39, 0.29) is 99.1 Å². The molecule has 13 rings (SSSR count). The Kier molecular flexibility index (Phi) is 35.7. The Hall–Kier alpha value is -15.0. The lowest BCUT2D eigenvalue weighted by Gasteiger charge is -2.31. The van der Waals surface area contributed by atoms with Crippen LogP contribution in [0.4, 0.5) is 41.9 Å². The summed E-state index contributed by atoms with van der Waals surface area (Å²) in [6, 6.07) is 47.6. The third-order valence-electron chi connectivity index (χ3n) is 24.5. The number of nitrogens with zero attached hydrogens (tertiary/aromatic N) is 5. The summed E-state index contributed by atoms with van der Waals surface area (Å²) in [5.41, 5.74) is 16.1. The molecular weight excluding hydrogens is 1800 g/mol. The number of hydrogen-bond acceptors (Lipinski definition) is 22. The highest BCUT2D eigenvalue weighted by Crippen LogP contribution is 2.43. The molecule has 11 N–H and O–H groups in total. The van der Waals surface area contributed by atoms with Gasteiger partial charge in [0.05, 0.1) is 54.8 Å². The molecule has 0 saturated carbocycles. The van der Waals surface area contributed by atoms with Gasteiger partial charge in [-0.05, 0) is 279 Å². The van der Waals surface area contributed by atoms with Crippen LogP contribution >= 0.6 is 0 Å². The number of amides is 13. The Balaban J connectivity index is 0.000000256. The lowest BCUT2D eigenvalue weighted by atomic mass is 10.0. The first-order valence-corrected chi connectivity index (χ1v) is 47.2. The number of aliphatic hydroxyl groups is 2. The summed E-state index contributed by atoms with van der Waals surface area (Å²) in [5.74, 6) is -2.69. The highest BCUT2D eigenvalue weighted by molar-refractivity contribution is 6.13. The van der Waals surface area contributed by atoms with Gasteiger partial charge in [0.1, 0.15) is 54.0 Å². The van der Waals surface area contributed by atoms with E-state index in [2.05, 4.69) is 37.2 Å². The second-order valence-electron chi connectivity index (χ2n) is 37.4. The summed E-state index contributed by atoms with van der Waals surface area (Å²) < 4.78 is 32.9. The molecule has 13 amide bonds. The standard InChI is InChI=1S/C58H67N7O12.C49H58N6O9/c1-36-30-44-47(31-37(36)2)65(55(72)48-33-41(34-64(48)54(44)71)40-20-24-43(75-6)25-21-40)57(74)76-35-39-18-22-42(23-19-39)60-52(69)45(16-10-12-28-59-56(73)77-58(3,4)5)62-53(70)46(32-38-14-8-7-9-15-38)61-49(66)17-11-13-29-63-50(67)26-27-51(63)68;1-30-24-38-41(25-31(30)2)55(46(59)42-27-35(28-54(42)45(38)58)34-17-21-37(62-6)22-18-34)48(61)63-29-33-15-19-36(20-16-33)52-44(57)40(14-10-11-23-51-47(60)64-49(3,4)5)53-43(56)39(50)26-32-12-8-7-9-13-32/h7-9,14-15,18-27,30-31,34,45-46,48,55,72H,10-13,16-17,28-29,32-33,35H2,1-6H3,(H,59,73)(H,60,69)(H,61,66)(H,62,70);7-9,12-13,15-22,24-25,28,39-40,42,46,59H,10-11,14,23,26-27,29,50H2,1-6H3,(H,51,60)(H,52,57)(H,53,56)/t45-,46-,48-,55-;39-,40-,42-,46-/m00/s1. The predicted octanol–water partition coefficient (Wildman–Crippen LogP) is 13.7. The fraction of sp³-hybridized carbons (Fsp3) is 0.374. The zero-order chi connectivity index (χ0) is 102. The topological polar surface area (TPSA) is 444 Å². The molecule has 141 heavy (non-hydrogen) atoms. The molecule has 0 fully saturated rings. The number of unbranched alkanes of at least 4 members (excludes halogenated alkanes) is 3. The molecule has 0 aromatic heterocycles. The molecule has 5 aliphatic heterocycles. The summed E-state index contributed by atoms with van der Waals surface area (Å²) in [5, 5.41) is 43.5. The number of benzene rings is 8. The summed E-state index contributed by atoms with van der Waals surface area (Å²) in [7, 11) is 3.16. The first-order chi connectivity index (χ1) is 67.3. The predicted molar refractivity (Wildman–Crippen MR) is 530 cm³/mol. The van der Waals surface area contributed by atoms with Crippen LogP contribution in [0.5, 0.6) is 11.5 Å². The molecule has 0 unspecified atom stereocenters. The SMILES string of the molecule is COc1ccc(C2=CN3C(=O)c4cc(C)c(C)cc4N(C(=O)OCc4ccc(NC(=O)[C@H](CCCCNC(=O)OC(C)(C)C)NC(=O)[C@@H](N)Cc5ccccc5)cc4)[C@@H](O)[C@@H]3C2)cc1.COc1ccc(C2=CN3C(=O)c4cc(C)c(C)cc4N(C(=O)OCc4ccc(NC(=O)[C@H](CCCCNC(=O)OC(C)(C)C)NC(=O)[C@H](Cc5ccccc5)NC(=O)CCCCN5C(=O)C=CC5=O)cc4)[C@@H](O)[C@@H]3C2)cc1. The number of methoxy groups -OCH3 is 2. The highest BCUT2D eigenvalue weighted by atomic mass is 16.6. The van der Waals surface area contributed by atoms with Crippen molar-refractivity contribution in [2.75, 3.05) is 54.3 Å². The number of fused-ring (bicyclic) bond motifs is 4. The van der Waals surface area contributed by atoms with E-state index >= 15 is 0 Å². The van der Waals surface area contributed by atoms with Crippen LogP contribution < -0.4 is 62.2 Å². The quantitative estimate of drug-likeness (QED) is 0.00990. The van der Waals surface area contributed by atoms with Crippen molar-refractivity contribution >= 4 is 111 Å². The molecular formula is C107H125N13O21. The van der Waals surface area contributed by atoms with Crippen molar-refractivity contribution in [1.82, 2.24) is 41.3 Å². The number of nitrogens with two attached hydrogens (primary N) is 1. The van der Waals surface area contributed by atoms with Gasteiger partial charge in [-0.15, -0.1) is 0 Å². The van der Waals surface area contributed by atoms with Gasteiger partial charge < -0.3 is 91.4 Å². The van der Waals surface area contributed by atoms with Gasteiger partial charge in [0.25, 0.3) is 23.6 Å². The molecule has 5 heterocycles. The van der Waals surface area contributed by atoms with E-state index < -0.39 is 126 Å². The van der Waals surface area contributed by atoms with Crippen molar-refractivity contribution in [3.63, 3.8) is 0 Å². The van der Waals surface area contributed by atoms with Crippen LogP contribution in [0.15, 0.2) is 207 Å². The van der Waals surface area contributed by atoms with E-state index in [1.54, 1.807) is 141 Å². The molecule has 34 heteroatoms. The fourth-order valence-corrected chi connectivity index (χ4v) is 16.6. The average molecular weight is 1930 g/mol. The number of aliphatic hydroxyl groups excluding tert-OH is 2. The largest absolute Gasteiger partial charge is 0.497 e. The first-order valence-electron chi connectivity index (χ1n) is 47.2. The lowest BCUT2D eigenvalue weighted by Crippen LogP contribution is -2.53. The third kappa shape index (κ3) is 28.6. The second-order valence-corrected chi connectivity index (χ2v) is 37.4. The lowest BCUT2D eigenvalue weighted by molar-refractivity contribution is -0.137. The Bertz CT molecular complexity index is 5940. The van der Waals surface area contributed by atoms with E-state index in [1.807, 2.05) is 137 Å². The van der Waals surface area contributed by atoms with Crippen molar-refractivity contribution in [2.45, 2.75) is 226 Å². The molecule has 5 aliphatic rings. The van der Waals surface area contributed by atoms with Crippen molar-refractivity contribution < 1.29 is 101 Å². The average Bonchev–Trinajstić information content (AvgIpc) is 1.60. The van der Waals surface area contributed by atoms with Gasteiger partial charge in [0, 0.05) is 68.4 Å². The van der Waals surface area contributed by atoms with Crippen molar-refractivity contribution in [1.29, 1.82) is 0 Å². The highest BCUT2D eigenvalue weighted by Gasteiger charge is 2.48. The number of carbonyl (C=O) groups is 13. The Morgan fingerprint density at radius 1 is 0.447 bits per heavy atom. The van der Waals surface area contributed by atoms with Gasteiger partial charge in [-0.2, -0.15) is 0 Å². The van der Waals surface area contributed by atoms with Gasteiger partial charge in [-0.1, -0.05) is 109 Å². The minimum Gasteiger partial charge on any atom is -0.497 e. The van der Waals surface area contributed by atoms with Gasteiger partial charge in [0.2, 0.25) is 29.5 Å². The van der Waals surface area contributed by atoms with Gasteiger partial charge in [0.15, 0.2) is 12.5 Å². The normalized spacial score (nSPS) is 16.6. The number of aryl methyl sites for hydroxylation is 4. The molecule has 0 radical (unpaired) electrons. The summed E-state index contributed by atoms with van der Waals surface area (Å²) in [6.07, 6.45) is 4.08. The molecule has 744 valence electrons. The minimum absolute atomic E-state index is 0.0182. The Morgan fingerprint density at radius 3 is 1.25 bits per heavy atom. The molecule has 0 saturated heterocycles. The van der Waals surface area contributed by atoms with Crippen molar-refractivity contribution in [2.24, 2.45) is 5.73 Å². The van der Waals surface area contributed by atoms with Crippen LogP contribution in [-0.4, -0.2) is 196 Å².